The van der Waals surface area contributed by atoms with E-state index in [0.29, 0.717) is 0 Å². The first-order valence-electron chi connectivity index (χ1n) is 4.96. The second-order valence-corrected chi connectivity index (χ2v) is 7.85. The van der Waals surface area contributed by atoms with Crippen molar-refractivity contribution < 1.29 is 9.47 Å². The standard InChI is InChI=1S/C10H16Br2O2/c1-8(2)6-7(11)10(14-8)9(3,12)4-5-13-10/h7H,4-6H2,1-3H3/t7-,9-,10-/m0/s1. The Bertz CT molecular complexity index is 253. The Balaban J connectivity index is 2.33. The van der Waals surface area contributed by atoms with Gasteiger partial charge < -0.3 is 9.47 Å². The van der Waals surface area contributed by atoms with E-state index in [1.807, 2.05) is 0 Å². The van der Waals surface area contributed by atoms with Crippen LogP contribution in [0.1, 0.15) is 33.6 Å². The van der Waals surface area contributed by atoms with Crippen LogP contribution in [0.2, 0.25) is 0 Å². The molecule has 0 aromatic rings. The molecule has 2 nitrogen and oxygen atoms in total. The van der Waals surface area contributed by atoms with Gasteiger partial charge in [-0.1, -0.05) is 31.9 Å². The third-order valence-corrected chi connectivity index (χ3v) is 5.00. The predicted octanol–water partition coefficient (Wildman–Crippen LogP) is 3.22. The highest BCUT2D eigenvalue weighted by molar-refractivity contribution is 9.10. The summed E-state index contributed by atoms with van der Waals surface area (Å²) in [5.41, 5.74) is -0.104. The number of rotatable bonds is 0. The highest BCUT2D eigenvalue weighted by Gasteiger charge is 2.64. The summed E-state index contributed by atoms with van der Waals surface area (Å²) in [5.74, 6) is -0.490. The molecule has 14 heavy (non-hydrogen) atoms. The van der Waals surface area contributed by atoms with Gasteiger partial charge in [0.05, 0.1) is 21.4 Å². The Hall–Kier alpha value is 0.880. The Morgan fingerprint density at radius 1 is 1.29 bits per heavy atom. The lowest BCUT2D eigenvalue weighted by molar-refractivity contribution is -0.225. The first-order valence-corrected chi connectivity index (χ1v) is 6.67. The van der Waals surface area contributed by atoms with Gasteiger partial charge in [-0.3, -0.25) is 0 Å². The lowest BCUT2D eigenvalue weighted by atomic mass is 9.96. The van der Waals surface area contributed by atoms with Crippen LogP contribution in [-0.2, 0) is 9.47 Å². The van der Waals surface area contributed by atoms with Gasteiger partial charge in [-0.15, -0.1) is 0 Å². The topological polar surface area (TPSA) is 18.5 Å². The fourth-order valence-electron chi connectivity index (χ4n) is 2.35. The Morgan fingerprint density at radius 3 is 2.29 bits per heavy atom. The molecule has 0 aliphatic carbocycles. The van der Waals surface area contributed by atoms with E-state index in [9.17, 15) is 0 Å². The highest BCUT2D eigenvalue weighted by Crippen LogP contribution is 2.55. The molecule has 0 radical (unpaired) electrons. The second-order valence-electron chi connectivity index (χ2n) is 5.00. The summed E-state index contributed by atoms with van der Waals surface area (Å²) in [7, 11) is 0. The van der Waals surface area contributed by atoms with E-state index in [4.69, 9.17) is 9.47 Å². The van der Waals surface area contributed by atoms with Gasteiger partial charge >= 0.3 is 0 Å². The summed E-state index contributed by atoms with van der Waals surface area (Å²) in [6, 6.07) is 0. The van der Waals surface area contributed by atoms with E-state index in [1.165, 1.54) is 0 Å². The quantitative estimate of drug-likeness (QED) is 0.636. The van der Waals surface area contributed by atoms with Crippen LogP contribution in [0.25, 0.3) is 0 Å². The van der Waals surface area contributed by atoms with Crippen molar-refractivity contribution in [1.82, 2.24) is 0 Å². The molecule has 0 aromatic heterocycles. The van der Waals surface area contributed by atoms with Crippen molar-refractivity contribution in [2.45, 2.75) is 54.2 Å². The molecule has 0 N–H and O–H groups in total. The van der Waals surface area contributed by atoms with Crippen molar-refractivity contribution >= 4 is 31.9 Å². The molecule has 2 aliphatic heterocycles. The molecule has 2 aliphatic rings. The maximum Gasteiger partial charge on any atom is 0.196 e. The monoisotopic (exact) mass is 326 g/mol. The Labute approximate surface area is 102 Å². The number of hydrogen-bond donors (Lipinski definition) is 0. The molecule has 2 heterocycles. The van der Waals surface area contributed by atoms with E-state index in [-0.39, 0.29) is 14.8 Å². The summed E-state index contributed by atoms with van der Waals surface area (Å²) in [6.07, 6.45) is 1.97. The number of alkyl halides is 2. The molecule has 0 aromatic carbocycles. The molecule has 0 bridgehead atoms. The van der Waals surface area contributed by atoms with Crippen LogP contribution in [0.4, 0.5) is 0 Å². The number of hydrogen-bond acceptors (Lipinski definition) is 2. The largest absolute Gasteiger partial charge is 0.347 e. The third-order valence-electron chi connectivity index (χ3n) is 3.13. The smallest absolute Gasteiger partial charge is 0.196 e. The zero-order chi connectivity index (χ0) is 10.6. The summed E-state index contributed by atoms with van der Waals surface area (Å²) in [6.45, 7) is 7.14. The zero-order valence-electron chi connectivity index (χ0n) is 8.77. The molecule has 2 rings (SSSR count). The summed E-state index contributed by atoms with van der Waals surface area (Å²) in [4.78, 5) is 0.261. The van der Waals surface area contributed by atoms with Crippen molar-refractivity contribution in [3.8, 4) is 0 Å². The third kappa shape index (κ3) is 1.49. The summed E-state index contributed by atoms with van der Waals surface area (Å²) < 4.78 is 11.9. The molecule has 2 fully saturated rings. The van der Waals surface area contributed by atoms with Crippen LogP contribution < -0.4 is 0 Å². The van der Waals surface area contributed by atoms with E-state index < -0.39 is 5.79 Å². The average molecular weight is 328 g/mol. The van der Waals surface area contributed by atoms with E-state index >= 15 is 0 Å². The fraction of sp³-hybridized carbons (Fsp3) is 1.00. The predicted molar refractivity (Wildman–Crippen MR) is 63.1 cm³/mol. The van der Waals surface area contributed by atoms with Crippen molar-refractivity contribution in [3.05, 3.63) is 0 Å². The van der Waals surface area contributed by atoms with Gasteiger partial charge in [0, 0.05) is 0 Å². The van der Waals surface area contributed by atoms with E-state index in [2.05, 4.69) is 52.6 Å². The van der Waals surface area contributed by atoms with Crippen LogP contribution >= 0.6 is 31.9 Å². The maximum absolute atomic E-state index is 6.11. The molecular formula is C10H16Br2O2. The van der Waals surface area contributed by atoms with Crippen molar-refractivity contribution in [2.75, 3.05) is 6.61 Å². The highest BCUT2D eigenvalue weighted by atomic mass is 79.9. The first-order chi connectivity index (χ1) is 6.29. The van der Waals surface area contributed by atoms with Crippen LogP contribution in [-0.4, -0.2) is 27.1 Å². The van der Waals surface area contributed by atoms with Gasteiger partial charge in [0.15, 0.2) is 5.79 Å². The Kier molecular flexibility index (Phi) is 2.59. The zero-order valence-corrected chi connectivity index (χ0v) is 11.9. The SMILES string of the molecule is CC1(C)C[C@H](Br)[C@]2(OCC[C@]2(C)Br)O1. The van der Waals surface area contributed by atoms with Gasteiger partial charge in [-0.25, -0.2) is 0 Å². The van der Waals surface area contributed by atoms with Crippen LogP contribution in [0.5, 0.6) is 0 Å². The van der Waals surface area contributed by atoms with Gasteiger partial charge in [0.1, 0.15) is 0 Å². The molecule has 3 atom stereocenters. The van der Waals surface area contributed by atoms with Gasteiger partial charge in [-0.05, 0) is 33.6 Å². The van der Waals surface area contributed by atoms with Crippen molar-refractivity contribution in [3.63, 3.8) is 0 Å². The lowest BCUT2D eigenvalue weighted by Gasteiger charge is -2.37. The van der Waals surface area contributed by atoms with Crippen LogP contribution in [0, 0.1) is 0 Å². The van der Waals surface area contributed by atoms with Crippen molar-refractivity contribution in [2.24, 2.45) is 0 Å². The van der Waals surface area contributed by atoms with Gasteiger partial charge in [0.2, 0.25) is 0 Å². The maximum atomic E-state index is 6.11. The molecule has 0 saturated carbocycles. The van der Waals surface area contributed by atoms with Crippen LogP contribution in [0.3, 0.4) is 0 Å². The molecule has 0 unspecified atom stereocenters. The Morgan fingerprint density at radius 2 is 1.93 bits per heavy atom. The van der Waals surface area contributed by atoms with Crippen LogP contribution in [0.15, 0.2) is 0 Å². The summed E-state index contributed by atoms with van der Waals surface area (Å²) >= 11 is 7.43. The first kappa shape index (κ1) is 11.4. The molecule has 2 saturated heterocycles. The minimum absolute atomic E-state index is 0.0814. The molecular weight excluding hydrogens is 312 g/mol. The minimum atomic E-state index is -0.490. The van der Waals surface area contributed by atoms with Gasteiger partial charge in [-0.2, -0.15) is 0 Å². The normalized spacial score (nSPS) is 51.6. The number of ether oxygens (including phenoxy) is 2. The number of halogens is 2. The van der Waals surface area contributed by atoms with Crippen molar-refractivity contribution in [1.29, 1.82) is 0 Å². The van der Waals surface area contributed by atoms with E-state index in [1.54, 1.807) is 0 Å². The molecule has 82 valence electrons. The second kappa shape index (κ2) is 3.19. The molecule has 0 amide bonds. The average Bonchev–Trinajstić information content (AvgIpc) is 2.36. The van der Waals surface area contributed by atoms with E-state index in [0.717, 1.165) is 19.4 Å². The minimum Gasteiger partial charge on any atom is -0.347 e. The molecule has 4 heteroatoms. The molecule has 1 spiro atoms. The van der Waals surface area contributed by atoms with Gasteiger partial charge in [0.25, 0.3) is 0 Å². The lowest BCUT2D eigenvalue weighted by Crippen LogP contribution is -2.50. The summed E-state index contributed by atoms with van der Waals surface area (Å²) in [5, 5.41) is 0. The fourth-order valence-corrected chi connectivity index (χ4v) is 4.81.